The molecule has 0 bridgehead atoms. The second kappa shape index (κ2) is 7.76. The number of hydrogen-bond acceptors (Lipinski definition) is 7. The van der Waals surface area contributed by atoms with Gasteiger partial charge in [0.05, 0.1) is 10.9 Å². The molecule has 1 atom stereocenters. The molecule has 7 nitrogen and oxygen atoms in total. The number of piperazine rings is 1. The van der Waals surface area contributed by atoms with E-state index in [0.29, 0.717) is 31.1 Å². The minimum Gasteiger partial charge on any atom is -0.339 e. The van der Waals surface area contributed by atoms with E-state index in [1.54, 1.807) is 17.5 Å². The number of carbonyl (C=O) groups excluding carboxylic acids is 1. The molecule has 1 unspecified atom stereocenters. The van der Waals surface area contributed by atoms with Gasteiger partial charge < -0.3 is 14.7 Å². The van der Waals surface area contributed by atoms with E-state index in [0.717, 1.165) is 23.5 Å². The molecule has 1 N–H and O–H groups in total. The average Bonchev–Trinajstić information content (AvgIpc) is 3.38. The zero-order valence-electron chi connectivity index (χ0n) is 14.2. The number of aromatic nitrogens is 3. The second-order valence-corrected chi connectivity index (χ2v) is 7.03. The summed E-state index contributed by atoms with van der Waals surface area (Å²) < 4.78 is 5.29. The molecular formula is C18H19N5O2S. The van der Waals surface area contributed by atoms with Crippen molar-refractivity contribution in [3.63, 3.8) is 0 Å². The van der Waals surface area contributed by atoms with Crippen LogP contribution in [0.1, 0.15) is 23.9 Å². The Hall–Kier alpha value is -2.58. The Morgan fingerprint density at radius 2 is 2.35 bits per heavy atom. The summed E-state index contributed by atoms with van der Waals surface area (Å²) in [5, 5.41) is 9.31. The highest BCUT2D eigenvalue weighted by Gasteiger charge is 2.28. The predicted octanol–water partition coefficient (Wildman–Crippen LogP) is 2.30. The third kappa shape index (κ3) is 3.66. The predicted molar refractivity (Wildman–Crippen MR) is 97.5 cm³/mol. The van der Waals surface area contributed by atoms with Crippen LogP contribution in [0.2, 0.25) is 0 Å². The lowest BCUT2D eigenvalue weighted by molar-refractivity contribution is -0.134. The summed E-state index contributed by atoms with van der Waals surface area (Å²) in [6.07, 6.45) is 4.36. The minimum atomic E-state index is 0.00862. The van der Waals surface area contributed by atoms with Crippen molar-refractivity contribution in [3.8, 4) is 10.7 Å². The molecule has 1 aliphatic heterocycles. The molecule has 8 heteroatoms. The van der Waals surface area contributed by atoms with Gasteiger partial charge >= 0.3 is 0 Å². The zero-order valence-corrected chi connectivity index (χ0v) is 15.0. The first-order valence-electron chi connectivity index (χ1n) is 8.58. The quantitative estimate of drug-likeness (QED) is 0.743. The van der Waals surface area contributed by atoms with Crippen molar-refractivity contribution in [1.82, 2.24) is 25.3 Å². The lowest BCUT2D eigenvalue weighted by Crippen LogP contribution is -2.48. The number of carbonyl (C=O) groups is 1. The molecule has 0 aliphatic carbocycles. The molecule has 1 amide bonds. The Balaban J connectivity index is 1.40. The largest absolute Gasteiger partial charge is 0.339 e. The second-order valence-electron chi connectivity index (χ2n) is 6.08. The number of nitrogens with one attached hydrogen (secondary N) is 1. The van der Waals surface area contributed by atoms with Gasteiger partial charge in [0, 0.05) is 44.9 Å². The van der Waals surface area contributed by atoms with E-state index in [-0.39, 0.29) is 11.9 Å². The summed E-state index contributed by atoms with van der Waals surface area (Å²) in [4.78, 5) is 24.2. The molecule has 0 spiro atoms. The normalized spacial score (nSPS) is 17.4. The fourth-order valence-corrected chi connectivity index (χ4v) is 3.74. The molecule has 26 heavy (non-hydrogen) atoms. The fraction of sp³-hybridized carbons (Fsp3) is 0.333. The summed E-state index contributed by atoms with van der Waals surface area (Å²) in [6.45, 7) is 2.22. The molecule has 0 saturated carbocycles. The number of aryl methyl sites for hydroxylation is 1. The number of thiophene rings is 1. The van der Waals surface area contributed by atoms with Gasteiger partial charge in [0.25, 0.3) is 0 Å². The van der Waals surface area contributed by atoms with E-state index in [1.807, 2.05) is 40.7 Å². The number of pyridine rings is 1. The molecule has 3 aromatic rings. The van der Waals surface area contributed by atoms with Gasteiger partial charge in [-0.15, -0.1) is 11.3 Å². The third-order valence-corrected chi connectivity index (χ3v) is 5.26. The van der Waals surface area contributed by atoms with Crippen LogP contribution in [0.3, 0.4) is 0 Å². The number of hydrogen-bond donors (Lipinski definition) is 1. The highest BCUT2D eigenvalue weighted by atomic mass is 32.1. The van der Waals surface area contributed by atoms with Crippen molar-refractivity contribution >= 4 is 17.2 Å². The summed E-state index contributed by atoms with van der Waals surface area (Å²) in [7, 11) is 0. The van der Waals surface area contributed by atoms with Crippen LogP contribution < -0.4 is 5.32 Å². The highest BCUT2D eigenvalue weighted by molar-refractivity contribution is 7.13. The Bertz CT molecular complexity index is 850. The van der Waals surface area contributed by atoms with Gasteiger partial charge in [-0.2, -0.15) is 4.98 Å². The summed E-state index contributed by atoms with van der Waals surface area (Å²) in [5.41, 5.74) is 1.05. The van der Waals surface area contributed by atoms with Crippen LogP contribution in [0.15, 0.2) is 46.6 Å². The molecule has 0 radical (unpaired) electrons. The monoisotopic (exact) mass is 369 g/mol. The lowest BCUT2D eigenvalue weighted by Gasteiger charge is -2.36. The molecule has 1 fully saturated rings. The van der Waals surface area contributed by atoms with Crippen LogP contribution in [0.5, 0.6) is 0 Å². The number of nitrogens with zero attached hydrogens (tertiary/aromatic N) is 4. The van der Waals surface area contributed by atoms with Gasteiger partial charge in [-0.25, -0.2) is 0 Å². The van der Waals surface area contributed by atoms with Gasteiger partial charge in [-0.3, -0.25) is 9.78 Å². The smallest absolute Gasteiger partial charge is 0.227 e. The highest BCUT2D eigenvalue weighted by Crippen LogP contribution is 2.24. The van der Waals surface area contributed by atoms with Crippen LogP contribution in [0.4, 0.5) is 0 Å². The lowest BCUT2D eigenvalue weighted by atomic mass is 10.0. The summed E-state index contributed by atoms with van der Waals surface area (Å²) in [5.74, 6) is 1.17. The van der Waals surface area contributed by atoms with E-state index in [1.165, 1.54) is 0 Å². The van der Waals surface area contributed by atoms with E-state index in [2.05, 4.69) is 20.4 Å². The Morgan fingerprint density at radius 3 is 3.15 bits per heavy atom. The molecule has 4 rings (SSSR count). The van der Waals surface area contributed by atoms with Crippen molar-refractivity contribution in [2.45, 2.75) is 18.9 Å². The SMILES string of the molecule is O=C(CCc1nc(-c2cccs2)no1)N1CCNCC1c1cccnc1. The fourth-order valence-electron chi connectivity index (χ4n) is 3.09. The first-order valence-corrected chi connectivity index (χ1v) is 9.46. The van der Waals surface area contributed by atoms with Crippen molar-refractivity contribution in [2.24, 2.45) is 0 Å². The maximum atomic E-state index is 12.8. The summed E-state index contributed by atoms with van der Waals surface area (Å²) >= 11 is 1.56. The van der Waals surface area contributed by atoms with Crippen LogP contribution in [0, 0.1) is 0 Å². The topological polar surface area (TPSA) is 84.2 Å². The Kier molecular flexibility index (Phi) is 5.03. The van der Waals surface area contributed by atoms with E-state index >= 15 is 0 Å². The first-order chi connectivity index (χ1) is 12.8. The van der Waals surface area contributed by atoms with E-state index in [9.17, 15) is 4.79 Å². The molecular weight excluding hydrogens is 350 g/mol. The molecule has 0 aromatic carbocycles. The molecule has 134 valence electrons. The Morgan fingerprint density at radius 1 is 1.38 bits per heavy atom. The number of amides is 1. The first kappa shape index (κ1) is 16.9. The molecule has 4 heterocycles. The van der Waals surface area contributed by atoms with Crippen molar-refractivity contribution in [1.29, 1.82) is 0 Å². The van der Waals surface area contributed by atoms with Crippen molar-refractivity contribution in [2.75, 3.05) is 19.6 Å². The maximum Gasteiger partial charge on any atom is 0.227 e. The van der Waals surface area contributed by atoms with Crippen LogP contribution in [0.25, 0.3) is 10.7 Å². The zero-order chi connectivity index (χ0) is 17.8. The molecule has 1 aliphatic rings. The third-order valence-electron chi connectivity index (χ3n) is 4.40. The Labute approximate surface area is 155 Å². The van der Waals surface area contributed by atoms with E-state index in [4.69, 9.17) is 4.52 Å². The molecule has 1 saturated heterocycles. The van der Waals surface area contributed by atoms with Gasteiger partial charge in [0.2, 0.25) is 17.6 Å². The molecule has 3 aromatic heterocycles. The van der Waals surface area contributed by atoms with Gasteiger partial charge in [-0.05, 0) is 23.1 Å². The van der Waals surface area contributed by atoms with Crippen LogP contribution >= 0.6 is 11.3 Å². The minimum absolute atomic E-state index is 0.00862. The standard InChI is InChI=1S/C18H19N5O2S/c24-17(6-5-16-21-18(22-25-16)15-4-2-10-26-15)23-9-8-20-12-14(23)13-3-1-7-19-11-13/h1-4,7,10-11,14,20H,5-6,8-9,12H2. The van der Waals surface area contributed by atoms with Crippen molar-refractivity contribution < 1.29 is 9.32 Å². The van der Waals surface area contributed by atoms with Gasteiger partial charge in [0.1, 0.15) is 0 Å². The van der Waals surface area contributed by atoms with Crippen LogP contribution in [-0.4, -0.2) is 45.6 Å². The van der Waals surface area contributed by atoms with Gasteiger partial charge in [0.15, 0.2) is 0 Å². The van der Waals surface area contributed by atoms with E-state index < -0.39 is 0 Å². The summed E-state index contributed by atoms with van der Waals surface area (Å²) in [6, 6.07) is 7.81. The van der Waals surface area contributed by atoms with Gasteiger partial charge in [-0.1, -0.05) is 17.3 Å². The van der Waals surface area contributed by atoms with Crippen molar-refractivity contribution in [3.05, 3.63) is 53.5 Å². The average molecular weight is 369 g/mol. The van der Waals surface area contributed by atoms with Crippen LogP contribution in [-0.2, 0) is 11.2 Å². The maximum absolute atomic E-state index is 12.8. The number of rotatable bonds is 5.